The molecule has 176 valence electrons. The molecule has 0 radical (unpaired) electrons. The second kappa shape index (κ2) is 7.74. The van der Waals surface area contributed by atoms with Crippen molar-refractivity contribution in [3.8, 4) is 0 Å². The monoisotopic (exact) mass is 471 g/mol. The fourth-order valence-electron chi connectivity index (χ4n) is 6.74. The first-order valence-corrected chi connectivity index (χ1v) is 12.5. The summed E-state index contributed by atoms with van der Waals surface area (Å²) in [7, 11) is 0. The van der Waals surface area contributed by atoms with Gasteiger partial charge in [-0.05, 0) is 46.4 Å². The molecule has 0 unspecified atom stereocenters. The van der Waals surface area contributed by atoms with E-state index in [2.05, 4.69) is 35.2 Å². The summed E-state index contributed by atoms with van der Waals surface area (Å²) < 4.78 is 5.67. The molecule has 0 bridgehead atoms. The van der Waals surface area contributed by atoms with Crippen LogP contribution in [0.5, 0.6) is 0 Å². The maximum absolute atomic E-state index is 14.8. The predicted octanol–water partition coefficient (Wildman–Crippen LogP) is 5.69. The van der Waals surface area contributed by atoms with Crippen LogP contribution in [0.2, 0.25) is 0 Å². The molecular weight excluding hydrogens is 446 g/mol. The van der Waals surface area contributed by atoms with Crippen molar-refractivity contribution >= 4 is 28.1 Å². The van der Waals surface area contributed by atoms with Crippen LogP contribution >= 0.6 is 0 Å². The molecular formula is C32H25NO3. The number of ether oxygens (including phenoxy) is 1. The van der Waals surface area contributed by atoms with E-state index in [0.717, 1.165) is 33.0 Å². The van der Waals surface area contributed by atoms with Crippen molar-refractivity contribution in [1.82, 2.24) is 4.90 Å². The van der Waals surface area contributed by atoms with Crippen LogP contribution in [0.25, 0.3) is 16.3 Å². The van der Waals surface area contributed by atoms with E-state index in [1.54, 1.807) is 0 Å². The third-order valence-electron chi connectivity index (χ3n) is 8.07. The molecule has 3 aliphatic rings. The fraction of sp³-hybridized carbons (Fsp3) is 0.188. The average molecular weight is 472 g/mol. The molecule has 1 spiro atoms. The summed E-state index contributed by atoms with van der Waals surface area (Å²) in [5.41, 5.74) is 5.27. The van der Waals surface area contributed by atoms with Gasteiger partial charge in [-0.3, -0.25) is 9.69 Å². The molecule has 0 amide bonds. The average Bonchev–Trinajstić information content (AvgIpc) is 3.35. The van der Waals surface area contributed by atoms with Gasteiger partial charge in [-0.1, -0.05) is 91.0 Å². The largest absolute Gasteiger partial charge is 0.463 e. The van der Waals surface area contributed by atoms with Gasteiger partial charge in [0.15, 0.2) is 5.78 Å². The van der Waals surface area contributed by atoms with Gasteiger partial charge < -0.3 is 4.74 Å². The van der Waals surface area contributed by atoms with Crippen molar-refractivity contribution in [2.24, 2.45) is 0 Å². The zero-order chi connectivity index (χ0) is 24.4. The smallest absolute Gasteiger partial charge is 0.336 e. The lowest BCUT2D eigenvalue weighted by atomic mass is 9.78. The SMILES string of the molecule is CCOC(=O)C1=C(c2ccccc2)[C@@]2(C(=O)c3cccc4cccc2c34)N2Cc3ccccc3C[C@@H]12. The van der Waals surface area contributed by atoms with Crippen LogP contribution in [0.1, 0.15) is 39.5 Å². The maximum atomic E-state index is 14.8. The van der Waals surface area contributed by atoms with Crippen LogP contribution < -0.4 is 0 Å². The van der Waals surface area contributed by atoms with Crippen molar-refractivity contribution in [3.05, 3.63) is 124 Å². The van der Waals surface area contributed by atoms with Crippen LogP contribution in [0, 0.1) is 0 Å². The number of hydrogen-bond acceptors (Lipinski definition) is 4. The number of Topliss-reactive ketones (excluding diaryl/α,β-unsaturated/α-hetero) is 1. The van der Waals surface area contributed by atoms with E-state index < -0.39 is 5.54 Å². The molecule has 1 aliphatic carbocycles. The van der Waals surface area contributed by atoms with Gasteiger partial charge in [0.25, 0.3) is 0 Å². The second-order valence-electron chi connectivity index (χ2n) is 9.74. The number of rotatable bonds is 3. The lowest BCUT2D eigenvalue weighted by Crippen LogP contribution is -2.52. The Morgan fingerprint density at radius 1 is 0.917 bits per heavy atom. The Balaban J connectivity index is 1.61. The van der Waals surface area contributed by atoms with Gasteiger partial charge in [0.1, 0.15) is 5.54 Å². The number of nitrogens with zero attached hydrogens (tertiary/aromatic N) is 1. The highest BCUT2D eigenvalue weighted by molar-refractivity contribution is 6.27. The Morgan fingerprint density at radius 2 is 1.64 bits per heavy atom. The minimum Gasteiger partial charge on any atom is -0.463 e. The summed E-state index contributed by atoms with van der Waals surface area (Å²) in [4.78, 5) is 30.8. The van der Waals surface area contributed by atoms with Gasteiger partial charge in [0.2, 0.25) is 0 Å². The zero-order valence-electron chi connectivity index (χ0n) is 20.0. The Labute approximate surface area is 209 Å². The first-order valence-electron chi connectivity index (χ1n) is 12.5. The minimum absolute atomic E-state index is 0.0387. The molecule has 0 saturated heterocycles. The highest BCUT2D eigenvalue weighted by atomic mass is 16.5. The molecule has 36 heavy (non-hydrogen) atoms. The van der Waals surface area contributed by atoms with Gasteiger partial charge in [0.05, 0.1) is 12.2 Å². The van der Waals surface area contributed by atoms with E-state index in [1.807, 2.05) is 67.6 Å². The number of hydrogen-bond donors (Lipinski definition) is 0. The van der Waals surface area contributed by atoms with Crippen molar-refractivity contribution in [1.29, 1.82) is 0 Å². The summed E-state index contributed by atoms with van der Waals surface area (Å²) in [6, 6.07) is 30.1. The lowest BCUT2D eigenvalue weighted by molar-refractivity contribution is -0.139. The Kier molecular flexibility index (Phi) is 4.57. The summed E-state index contributed by atoms with van der Waals surface area (Å²) >= 11 is 0. The summed E-state index contributed by atoms with van der Waals surface area (Å²) in [6.07, 6.45) is 0.655. The molecule has 4 nitrogen and oxygen atoms in total. The quantitative estimate of drug-likeness (QED) is 0.360. The summed E-state index contributed by atoms with van der Waals surface area (Å²) in [5.74, 6) is -0.296. The first-order chi connectivity index (χ1) is 17.7. The van der Waals surface area contributed by atoms with E-state index in [9.17, 15) is 9.59 Å². The number of carbonyl (C=O) groups excluding carboxylic acids is 2. The van der Waals surface area contributed by atoms with Gasteiger partial charge in [-0.25, -0.2) is 4.79 Å². The van der Waals surface area contributed by atoms with Crippen molar-refractivity contribution < 1.29 is 14.3 Å². The number of carbonyl (C=O) groups is 2. The molecule has 0 aromatic heterocycles. The third-order valence-corrected chi connectivity index (χ3v) is 8.07. The highest BCUT2D eigenvalue weighted by Gasteiger charge is 2.63. The van der Waals surface area contributed by atoms with Crippen LogP contribution in [0.3, 0.4) is 0 Å². The van der Waals surface area contributed by atoms with Gasteiger partial charge >= 0.3 is 5.97 Å². The molecule has 2 atom stereocenters. The van der Waals surface area contributed by atoms with Crippen molar-refractivity contribution in [2.75, 3.05) is 6.61 Å². The topological polar surface area (TPSA) is 46.6 Å². The Hall–Kier alpha value is -4.02. The molecule has 2 heterocycles. The van der Waals surface area contributed by atoms with Crippen LogP contribution in [0.4, 0.5) is 0 Å². The van der Waals surface area contributed by atoms with Crippen molar-refractivity contribution in [2.45, 2.75) is 31.5 Å². The molecule has 4 aromatic carbocycles. The molecule has 0 N–H and O–H groups in total. The first kappa shape index (κ1) is 21.3. The van der Waals surface area contributed by atoms with Gasteiger partial charge in [0, 0.05) is 23.7 Å². The molecule has 4 aromatic rings. The summed E-state index contributed by atoms with van der Waals surface area (Å²) in [6.45, 7) is 2.69. The molecule has 0 fully saturated rings. The second-order valence-corrected chi connectivity index (χ2v) is 9.74. The third kappa shape index (κ3) is 2.62. The van der Waals surface area contributed by atoms with Crippen LogP contribution in [-0.4, -0.2) is 29.3 Å². The predicted molar refractivity (Wildman–Crippen MR) is 139 cm³/mol. The fourth-order valence-corrected chi connectivity index (χ4v) is 6.74. The van der Waals surface area contributed by atoms with Crippen LogP contribution in [-0.2, 0) is 28.0 Å². The lowest BCUT2D eigenvalue weighted by Gasteiger charge is -2.43. The van der Waals surface area contributed by atoms with Gasteiger partial charge in [-0.15, -0.1) is 0 Å². The van der Waals surface area contributed by atoms with E-state index in [1.165, 1.54) is 11.1 Å². The Morgan fingerprint density at radius 3 is 2.42 bits per heavy atom. The van der Waals surface area contributed by atoms with E-state index in [-0.39, 0.29) is 24.4 Å². The summed E-state index contributed by atoms with van der Waals surface area (Å²) in [5, 5.41) is 2.03. The normalized spacial score (nSPS) is 22.2. The number of esters is 1. The van der Waals surface area contributed by atoms with Gasteiger partial charge in [-0.2, -0.15) is 0 Å². The molecule has 0 saturated carbocycles. The molecule has 7 rings (SSSR count). The zero-order valence-corrected chi connectivity index (χ0v) is 20.0. The van der Waals surface area contributed by atoms with Crippen LogP contribution in [0.15, 0.2) is 96.6 Å². The van der Waals surface area contributed by atoms with E-state index in [0.29, 0.717) is 18.5 Å². The Bertz CT molecular complexity index is 1600. The standard InChI is InChI=1S/C32H25NO3/c1-2-36-31(35)28-26-18-22-12-6-7-13-23(22)19-33(26)32(29(28)21-10-4-3-5-11-21)25-17-9-15-20-14-8-16-24(27(20)25)30(32)34/h3-17,26H,2,18-19H2,1H3/t26-,32-/m0/s1. The minimum atomic E-state index is -1.09. The van der Waals surface area contributed by atoms with E-state index >= 15 is 0 Å². The molecule has 4 heteroatoms. The number of fused-ring (bicyclic) bond motifs is 4. The van der Waals surface area contributed by atoms with Crippen molar-refractivity contribution in [3.63, 3.8) is 0 Å². The maximum Gasteiger partial charge on any atom is 0.336 e. The molecule has 2 aliphatic heterocycles. The van der Waals surface area contributed by atoms with E-state index in [4.69, 9.17) is 4.74 Å². The highest BCUT2D eigenvalue weighted by Crippen LogP contribution is 2.59. The number of benzene rings is 4. The number of ketones is 1.